The van der Waals surface area contributed by atoms with E-state index >= 15 is 0 Å². The summed E-state index contributed by atoms with van der Waals surface area (Å²) < 4.78 is 4.77. The largest absolute Gasteiger partial charge is 0.465 e. The lowest BCUT2D eigenvalue weighted by molar-refractivity contribution is 0.0600. The van der Waals surface area contributed by atoms with Gasteiger partial charge in [-0.3, -0.25) is 4.90 Å². The van der Waals surface area contributed by atoms with Gasteiger partial charge in [0.15, 0.2) is 0 Å². The van der Waals surface area contributed by atoms with Crippen molar-refractivity contribution in [3.8, 4) is 0 Å². The molecule has 20 heavy (non-hydrogen) atoms. The molecule has 1 fully saturated rings. The first-order chi connectivity index (χ1) is 9.65. The quantitative estimate of drug-likeness (QED) is 0.855. The summed E-state index contributed by atoms with van der Waals surface area (Å²) in [5, 5.41) is 0. The number of piperidine rings is 1. The Labute approximate surface area is 120 Å². The third kappa shape index (κ3) is 3.38. The second kappa shape index (κ2) is 6.86. The summed E-state index contributed by atoms with van der Waals surface area (Å²) in [4.78, 5) is 14.0. The first-order valence-electron chi connectivity index (χ1n) is 7.27. The summed E-state index contributed by atoms with van der Waals surface area (Å²) in [6, 6.07) is 8.10. The predicted molar refractivity (Wildman–Crippen MR) is 79.4 cm³/mol. The predicted octanol–water partition coefficient (Wildman–Crippen LogP) is 2.03. The average Bonchev–Trinajstić information content (AvgIpc) is 2.47. The van der Waals surface area contributed by atoms with Crippen LogP contribution in [0.4, 0.5) is 0 Å². The summed E-state index contributed by atoms with van der Waals surface area (Å²) >= 11 is 0. The number of ether oxygens (including phenoxy) is 1. The van der Waals surface area contributed by atoms with Crippen molar-refractivity contribution in [2.75, 3.05) is 20.2 Å². The van der Waals surface area contributed by atoms with Gasteiger partial charge in [0, 0.05) is 19.1 Å². The van der Waals surface area contributed by atoms with Crippen molar-refractivity contribution < 1.29 is 9.53 Å². The van der Waals surface area contributed by atoms with Gasteiger partial charge in [0.25, 0.3) is 0 Å². The van der Waals surface area contributed by atoms with E-state index in [9.17, 15) is 4.79 Å². The minimum absolute atomic E-state index is 0.283. The number of carbonyl (C=O) groups is 1. The SMILES string of the molecule is COC(=O)c1cccc(CN2CCCC(C)C2CN)c1. The molecule has 2 N–H and O–H groups in total. The molecule has 1 heterocycles. The van der Waals surface area contributed by atoms with Gasteiger partial charge in [0.1, 0.15) is 0 Å². The number of carbonyl (C=O) groups excluding carboxylic acids is 1. The Kier molecular flexibility index (Phi) is 5.15. The maximum atomic E-state index is 11.6. The lowest BCUT2D eigenvalue weighted by Gasteiger charge is -2.39. The lowest BCUT2D eigenvalue weighted by Crippen LogP contribution is -2.48. The highest BCUT2D eigenvalue weighted by Crippen LogP contribution is 2.24. The maximum Gasteiger partial charge on any atom is 0.337 e. The average molecular weight is 276 g/mol. The van der Waals surface area contributed by atoms with Crippen molar-refractivity contribution in [3.63, 3.8) is 0 Å². The zero-order valence-corrected chi connectivity index (χ0v) is 12.3. The Balaban J connectivity index is 2.10. The van der Waals surface area contributed by atoms with Gasteiger partial charge < -0.3 is 10.5 Å². The third-order valence-electron chi connectivity index (χ3n) is 4.21. The molecule has 4 nitrogen and oxygen atoms in total. The van der Waals surface area contributed by atoms with E-state index in [4.69, 9.17) is 10.5 Å². The van der Waals surface area contributed by atoms with Crippen LogP contribution in [-0.2, 0) is 11.3 Å². The van der Waals surface area contributed by atoms with Crippen LogP contribution in [0, 0.1) is 5.92 Å². The number of likely N-dealkylation sites (tertiary alicyclic amines) is 1. The number of hydrogen-bond donors (Lipinski definition) is 1. The second-order valence-corrected chi connectivity index (χ2v) is 5.58. The van der Waals surface area contributed by atoms with E-state index in [-0.39, 0.29) is 5.97 Å². The van der Waals surface area contributed by atoms with Gasteiger partial charge in [-0.15, -0.1) is 0 Å². The van der Waals surface area contributed by atoms with E-state index < -0.39 is 0 Å². The second-order valence-electron chi connectivity index (χ2n) is 5.58. The molecule has 1 aromatic carbocycles. The standard InChI is InChI=1S/C16H24N2O2/c1-12-5-4-8-18(15(12)10-17)11-13-6-3-7-14(9-13)16(19)20-2/h3,6-7,9,12,15H,4-5,8,10-11,17H2,1-2H3. The van der Waals surface area contributed by atoms with Gasteiger partial charge in [0.05, 0.1) is 12.7 Å². The molecule has 0 aromatic heterocycles. The smallest absolute Gasteiger partial charge is 0.337 e. The molecule has 0 aliphatic carbocycles. The number of esters is 1. The summed E-state index contributed by atoms with van der Waals surface area (Å²) in [7, 11) is 1.41. The summed E-state index contributed by atoms with van der Waals surface area (Å²) in [5.41, 5.74) is 7.67. The van der Waals surface area contributed by atoms with Crippen LogP contribution in [0.3, 0.4) is 0 Å². The van der Waals surface area contributed by atoms with Crippen LogP contribution < -0.4 is 5.73 Å². The summed E-state index contributed by atoms with van der Waals surface area (Å²) in [6.45, 7) is 4.89. The minimum Gasteiger partial charge on any atom is -0.465 e. The highest BCUT2D eigenvalue weighted by Gasteiger charge is 2.27. The molecule has 1 aromatic rings. The number of methoxy groups -OCH3 is 1. The molecule has 0 radical (unpaired) electrons. The fourth-order valence-corrected chi connectivity index (χ4v) is 3.06. The van der Waals surface area contributed by atoms with E-state index in [0.717, 1.165) is 18.7 Å². The molecule has 0 spiro atoms. The van der Waals surface area contributed by atoms with Gasteiger partial charge in [-0.1, -0.05) is 19.1 Å². The molecule has 1 aliphatic rings. The van der Waals surface area contributed by atoms with Crippen LogP contribution >= 0.6 is 0 Å². The first-order valence-corrected chi connectivity index (χ1v) is 7.27. The molecular formula is C16H24N2O2. The van der Waals surface area contributed by atoms with Gasteiger partial charge >= 0.3 is 5.97 Å². The van der Waals surface area contributed by atoms with Crippen molar-refractivity contribution in [1.29, 1.82) is 0 Å². The van der Waals surface area contributed by atoms with Gasteiger partial charge in [-0.2, -0.15) is 0 Å². The lowest BCUT2D eigenvalue weighted by atomic mass is 9.90. The summed E-state index contributed by atoms with van der Waals surface area (Å²) in [6.07, 6.45) is 2.47. The molecule has 0 bridgehead atoms. The topological polar surface area (TPSA) is 55.6 Å². The molecule has 4 heteroatoms. The van der Waals surface area contributed by atoms with Crippen LogP contribution in [0.5, 0.6) is 0 Å². The van der Waals surface area contributed by atoms with Crippen LogP contribution in [-0.4, -0.2) is 37.1 Å². The molecule has 2 rings (SSSR count). The number of hydrogen-bond acceptors (Lipinski definition) is 4. The normalized spacial score (nSPS) is 23.6. The zero-order chi connectivity index (χ0) is 14.5. The number of nitrogens with two attached hydrogens (primary N) is 1. The number of rotatable bonds is 4. The number of benzene rings is 1. The Hall–Kier alpha value is -1.39. The fourth-order valence-electron chi connectivity index (χ4n) is 3.06. The van der Waals surface area contributed by atoms with Gasteiger partial charge in [0.2, 0.25) is 0 Å². The van der Waals surface area contributed by atoms with Crippen LogP contribution in [0.1, 0.15) is 35.7 Å². The van der Waals surface area contributed by atoms with Crippen LogP contribution in [0.15, 0.2) is 24.3 Å². The zero-order valence-electron chi connectivity index (χ0n) is 12.3. The van der Waals surface area contributed by atoms with Crippen molar-refractivity contribution >= 4 is 5.97 Å². The summed E-state index contributed by atoms with van der Waals surface area (Å²) in [5.74, 6) is 0.353. The maximum absolute atomic E-state index is 11.6. The molecule has 1 saturated heterocycles. The van der Waals surface area contributed by atoms with E-state index in [1.54, 1.807) is 6.07 Å². The Morgan fingerprint density at radius 2 is 2.30 bits per heavy atom. The Morgan fingerprint density at radius 1 is 1.50 bits per heavy atom. The number of nitrogens with zero attached hydrogens (tertiary/aromatic N) is 1. The van der Waals surface area contributed by atoms with E-state index in [1.807, 2.05) is 12.1 Å². The van der Waals surface area contributed by atoms with Crippen molar-refractivity contribution in [2.24, 2.45) is 11.7 Å². The molecule has 0 amide bonds. The monoisotopic (exact) mass is 276 g/mol. The molecule has 1 aliphatic heterocycles. The molecular weight excluding hydrogens is 252 g/mol. The van der Waals surface area contributed by atoms with Gasteiger partial charge in [-0.05, 0) is 43.0 Å². The van der Waals surface area contributed by atoms with E-state index in [1.165, 1.54) is 20.0 Å². The van der Waals surface area contributed by atoms with E-state index in [0.29, 0.717) is 24.1 Å². The minimum atomic E-state index is -0.283. The Bertz CT molecular complexity index is 462. The molecule has 110 valence electrons. The van der Waals surface area contributed by atoms with Crippen molar-refractivity contribution in [1.82, 2.24) is 4.90 Å². The fraction of sp³-hybridized carbons (Fsp3) is 0.562. The first kappa shape index (κ1) is 15.0. The van der Waals surface area contributed by atoms with Crippen LogP contribution in [0.25, 0.3) is 0 Å². The van der Waals surface area contributed by atoms with Crippen molar-refractivity contribution in [3.05, 3.63) is 35.4 Å². The Morgan fingerprint density at radius 3 is 3.00 bits per heavy atom. The van der Waals surface area contributed by atoms with Crippen molar-refractivity contribution in [2.45, 2.75) is 32.4 Å². The highest BCUT2D eigenvalue weighted by atomic mass is 16.5. The molecule has 0 saturated carbocycles. The molecule has 2 unspecified atom stereocenters. The third-order valence-corrected chi connectivity index (χ3v) is 4.21. The van der Waals surface area contributed by atoms with E-state index in [2.05, 4.69) is 17.9 Å². The molecule has 2 atom stereocenters. The van der Waals surface area contributed by atoms with Crippen LogP contribution in [0.2, 0.25) is 0 Å². The highest BCUT2D eigenvalue weighted by molar-refractivity contribution is 5.89. The van der Waals surface area contributed by atoms with Gasteiger partial charge in [-0.25, -0.2) is 4.79 Å².